The third kappa shape index (κ3) is 1.48. The molecule has 2 unspecified atom stereocenters. The summed E-state index contributed by atoms with van der Waals surface area (Å²) < 4.78 is 4.97. The second-order valence-corrected chi connectivity index (χ2v) is 3.00. The van der Waals surface area contributed by atoms with Gasteiger partial charge in [-0.1, -0.05) is 6.92 Å². The molecule has 60 valence electrons. The van der Waals surface area contributed by atoms with E-state index in [1.165, 1.54) is 0 Å². The molecule has 1 heterocycles. The Morgan fingerprint density at radius 2 is 1.90 bits per heavy atom. The van der Waals surface area contributed by atoms with Crippen molar-refractivity contribution >= 4 is 0 Å². The van der Waals surface area contributed by atoms with Gasteiger partial charge >= 0.3 is 0 Å². The van der Waals surface area contributed by atoms with Gasteiger partial charge in [0.1, 0.15) is 0 Å². The van der Waals surface area contributed by atoms with Gasteiger partial charge in [0.2, 0.25) is 0 Å². The van der Waals surface area contributed by atoms with Gasteiger partial charge in [-0.05, 0) is 12.8 Å². The molecule has 0 aliphatic carbocycles. The van der Waals surface area contributed by atoms with Crippen molar-refractivity contribution in [2.75, 3.05) is 0 Å². The van der Waals surface area contributed by atoms with Gasteiger partial charge in [-0.3, -0.25) is 0 Å². The quantitative estimate of drug-likeness (QED) is 0.510. The Hall–Kier alpha value is -0.120. The number of rotatable bonds is 0. The minimum absolute atomic E-state index is 0.138. The van der Waals surface area contributed by atoms with E-state index in [-0.39, 0.29) is 12.0 Å². The minimum atomic E-state index is -0.687. The standard InChI is InChI=1S/C7H14O3/c1-4-3-6(8)10-5(2)7(4)9/h4-9H,3H2,1-2H3/t4?,5?,6-,7-/m1/s1. The van der Waals surface area contributed by atoms with Crippen LogP contribution < -0.4 is 0 Å². The van der Waals surface area contributed by atoms with Crippen molar-refractivity contribution in [1.29, 1.82) is 0 Å². The Morgan fingerprint density at radius 3 is 2.40 bits per heavy atom. The van der Waals surface area contributed by atoms with Crippen LogP contribution in [0.15, 0.2) is 0 Å². The van der Waals surface area contributed by atoms with Crippen LogP contribution in [-0.4, -0.2) is 28.7 Å². The second-order valence-electron chi connectivity index (χ2n) is 3.00. The van der Waals surface area contributed by atoms with Crippen LogP contribution in [0, 0.1) is 5.92 Å². The van der Waals surface area contributed by atoms with Gasteiger partial charge in [0, 0.05) is 6.42 Å². The third-order valence-corrected chi connectivity index (χ3v) is 2.01. The van der Waals surface area contributed by atoms with Crippen LogP contribution in [-0.2, 0) is 4.74 Å². The highest BCUT2D eigenvalue weighted by Gasteiger charge is 2.30. The predicted octanol–water partition coefficient (Wildman–Crippen LogP) is 0.111. The van der Waals surface area contributed by atoms with Gasteiger partial charge in [-0.2, -0.15) is 0 Å². The molecule has 1 fully saturated rings. The molecule has 0 aromatic carbocycles. The summed E-state index contributed by atoms with van der Waals surface area (Å²) in [5, 5.41) is 18.4. The first-order valence-corrected chi connectivity index (χ1v) is 3.63. The lowest BCUT2D eigenvalue weighted by atomic mass is 9.94. The molecule has 3 nitrogen and oxygen atoms in total. The van der Waals surface area contributed by atoms with Crippen LogP contribution in [0.5, 0.6) is 0 Å². The summed E-state index contributed by atoms with van der Waals surface area (Å²) in [5.41, 5.74) is 0. The number of ether oxygens (including phenoxy) is 1. The Bertz CT molecular complexity index is 103. The number of aliphatic hydroxyl groups excluding tert-OH is 2. The monoisotopic (exact) mass is 146 g/mol. The van der Waals surface area contributed by atoms with E-state index in [9.17, 15) is 5.11 Å². The summed E-state index contributed by atoms with van der Waals surface area (Å²) in [6.07, 6.45) is -0.818. The molecule has 0 bridgehead atoms. The molecule has 1 aliphatic rings. The summed E-state index contributed by atoms with van der Waals surface area (Å²) in [5.74, 6) is 0.138. The maximum Gasteiger partial charge on any atom is 0.155 e. The molecule has 1 saturated heterocycles. The Balaban J connectivity index is 2.49. The largest absolute Gasteiger partial charge is 0.390 e. The first-order chi connectivity index (χ1) is 4.61. The third-order valence-electron chi connectivity index (χ3n) is 2.01. The average Bonchev–Trinajstić information content (AvgIpc) is 1.82. The van der Waals surface area contributed by atoms with Gasteiger partial charge < -0.3 is 14.9 Å². The van der Waals surface area contributed by atoms with Gasteiger partial charge in [0.05, 0.1) is 12.2 Å². The summed E-state index contributed by atoms with van der Waals surface area (Å²) in [7, 11) is 0. The number of hydrogen-bond acceptors (Lipinski definition) is 3. The fourth-order valence-electron chi connectivity index (χ4n) is 1.30. The Kier molecular flexibility index (Phi) is 2.28. The van der Waals surface area contributed by atoms with E-state index < -0.39 is 12.4 Å². The van der Waals surface area contributed by atoms with Gasteiger partial charge in [-0.25, -0.2) is 0 Å². The van der Waals surface area contributed by atoms with E-state index in [4.69, 9.17) is 9.84 Å². The molecule has 1 aliphatic heterocycles. The van der Waals surface area contributed by atoms with E-state index in [2.05, 4.69) is 0 Å². The summed E-state index contributed by atoms with van der Waals surface area (Å²) >= 11 is 0. The van der Waals surface area contributed by atoms with Crippen molar-refractivity contribution < 1.29 is 14.9 Å². The van der Waals surface area contributed by atoms with Crippen molar-refractivity contribution in [3.8, 4) is 0 Å². The van der Waals surface area contributed by atoms with Gasteiger partial charge in [0.15, 0.2) is 6.29 Å². The fraction of sp³-hybridized carbons (Fsp3) is 1.00. The SMILES string of the molecule is CC1C[C@H](O)OC(C)[C@@H]1O. The molecular formula is C7H14O3. The first kappa shape index (κ1) is 7.98. The highest BCUT2D eigenvalue weighted by Crippen LogP contribution is 2.23. The normalized spacial score (nSPS) is 49.2. The van der Waals surface area contributed by atoms with Crippen LogP contribution in [0.2, 0.25) is 0 Å². The zero-order chi connectivity index (χ0) is 7.72. The van der Waals surface area contributed by atoms with Crippen LogP contribution in [0.25, 0.3) is 0 Å². The van der Waals surface area contributed by atoms with Crippen molar-refractivity contribution in [1.82, 2.24) is 0 Å². The lowest BCUT2D eigenvalue weighted by Crippen LogP contribution is -2.42. The van der Waals surface area contributed by atoms with E-state index in [0.717, 1.165) is 0 Å². The van der Waals surface area contributed by atoms with E-state index in [1.807, 2.05) is 6.92 Å². The molecule has 1 rings (SSSR count). The van der Waals surface area contributed by atoms with Gasteiger partial charge in [-0.15, -0.1) is 0 Å². The van der Waals surface area contributed by atoms with Crippen molar-refractivity contribution in [3.05, 3.63) is 0 Å². The topological polar surface area (TPSA) is 49.7 Å². The Morgan fingerprint density at radius 1 is 1.30 bits per heavy atom. The van der Waals surface area contributed by atoms with Crippen LogP contribution >= 0.6 is 0 Å². The zero-order valence-corrected chi connectivity index (χ0v) is 6.32. The lowest BCUT2D eigenvalue weighted by Gasteiger charge is -2.33. The molecule has 0 spiro atoms. The molecule has 3 heteroatoms. The van der Waals surface area contributed by atoms with Crippen molar-refractivity contribution in [3.63, 3.8) is 0 Å². The maximum absolute atomic E-state index is 9.33. The molecule has 0 saturated carbocycles. The predicted molar refractivity (Wildman–Crippen MR) is 36.3 cm³/mol. The summed E-state index contributed by atoms with van der Waals surface area (Å²) in [6.45, 7) is 3.68. The molecule has 10 heavy (non-hydrogen) atoms. The van der Waals surface area contributed by atoms with Crippen molar-refractivity contribution in [2.45, 2.75) is 38.8 Å². The molecule has 0 amide bonds. The lowest BCUT2D eigenvalue weighted by molar-refractivity contribution is -0.209. The zero-order valence-electron chi connectivity index (χ0n) is 6.32. The first-order valence-electron chi connectivity index (χ1n) is 3.63. The van der Waals surface area contributed by atoms with Crippen molar-refractivity contribution in [2.24, 2.45) is 5.92 Å². The molecule has 2 N–H and O–H groups in total. The summed E-state index contributed by atoms with van der Waals surface area (Å²) in [4.78, 5) is 0. The average molecular weight is 146 g/mol. The summed E-state index contributed by atoms with van der Waals surface area (Å²) in [6, 6.07) is 0. The van der Waals surface area contributed by atoms with Crippen LogP contribution in [0.3, 0.4) is 0 Å². The maximum atomic E-state index is 9.33. The number of hydrogen-bond donors (Lipinski definition) is 2. The van der Waals surface area contributed by atoms with E-state index in [1.54, 1.807) is 6.92 Å². The second kappa shape index (κ2) is 2.86. The smallest absolute Gasteiger partial charge is 0.155 e. The molecular weight excluding hydrogens is 132 g/mol. The fourth-order valence-corrected chi connectivity index (χ4v) is 1.30. The highest BCUT2D eigenvalue weighted by atomic mass is 16.6. The van der Waals surface area contributed by atoms with E-state index >= 15 is 0 Å². The molecule has 0 aromatic rings. The molecule has 0 aromatic heterocycles. The number of aliphatic hydroxyl groups is 2. The van der Waals surface area contributed by atoms with Crippen LogP contribution in [0.4, 0.5) is 0 Å². The van der Waals surface area contributed by atoms with E-state index in [0.29, 0.717) is 6.42 Å². The van der Waals surface area contributed by atoms with Gasteiger partial charge in [0.25, 0.3) is 0 Å². The minimum Gasteiger partial charge on any atom is -0.390 e. The molecule has 4 atom stereocenters. The molecule has 0 radical (unpaired) electrons. The highest BCUT2D eigenvalue weighted by molar-refractivity contribution is 4.76. The van der Waals surface area contributed by atoms with Crippen LogP contribution in [0.1, 0.15) is 20.3 Å². The Labute approximate surface area is 60.6 Å².